The summed E-state index contributed by atoms with van der Waals surface area (Å²) in [5, 5.41) is 3.26. The third kappa shape index (κ3) is 2.36. The van der Waals surface area contributed by atoms with Gasteiger partial charge in [0.25, 0.3) is 0 Å². The SMILES string of the molecule is CCOc1ccc(-c2cnc(C3CNC3)[nH]2)cc1C. The van der Waals surface area contributed by atoms with E-state index in [1.165, 1.54) is 0 Å². The van der Waals surface area contributed by atoms with Crippen LogP contribution < -0.4 is 10.1 Å². The van der Waals surface area contributed by atoms with Gasteiger partial charge in [-0.25, -0.2) is 4.98 Å². The summed E-state index contributed by atoms with van der Waals surface area (Å²) in [5.41, 5.74) is 3.39. The lowest BCUT2D eigenvalue weighted by atomic mass is 10.0. The molecule has 2 heterocycles. The molecule has 0 aliphatic carbocycles. The predicted octanol–water partition coefficient (Wildman–Crippen LogP) is 2.47. The highest BCUT2D eigenvalue weighted by molar-refractivity contribution is 5.61. The normalized spacial score (nSPS) is 15.3. The molecule has 0 amide bonds. The molecule has 1 aromatic heterocycles. The average Bonchev–Trinajstić information content (AvgIpc) is 2.79. The highest BCUT2D eigenvalue weighted by atomic mass is 16.5. The van der Waals surface area contributed by atoms with E-state index in [-0.39, 0.29) is 0 Å². The van der Waals surface area contributed by atoms with Gasteiger partial charge in [-0.3, -0.25) is 0 Å². The molecule has 0 atom stereocenters. The monoisotopic (exact) mass is 257 g/mol. The fourth-order valence-corrected chi connectivity index (χ4v) is 2.31. The van der Waals surface area contributed by atoms with Crippen LogP contribution in [0.5, 0.6) is 5.75 Å². The van der Waals surface area contributed by atoms with Crippen molar-refractivity contribution in [1.29, 1.82) is 0 Å². The number of nitrogens with one attached hydrogen (secondary N) is 2. The van der Waals surface area contributed by atoms with E-state index in [0.717, 1.165) is 41.5 Å². The first-order chi connectivity index (χ1) is 9.28. The summed E-state index contributed by atoms with van der Waals surface area (Å²) in [4.78, 5) is 7.89. The Morgan fingerprint density at radius 3 is 2.84 bits per heavy atom. The molecule has 1 aliphatic heterocycles. The van der Waals surface area contributed by atoms with Crippen LogP contribution in [0.2, 0.25) is 0 Å². The quantitative estimate of drug-likeness (QED) is 0.884. The van der Waals surface area contributed by atoms with Crippen molar-refractivity contribution in [1.82, 2.24) is 15.3 Å². The molecule has 1 fully saturated rings. The summed E-state index contributed by atoms with van der Waals surface area (Å²) < 4.78 is 5.56. The fraction of sp³-hybridized carbons (Fsp3) is 0.400. The van der Waals surface area contributed by atoms with Crippen LogP contribution in [0.25, 0.3) is 11.3 Å². The van der Waals surface area contributed by atoms with Crippen LogP contribution in [0.4, 0.5) is 0 Å². The molecule has 2 N–H and O–H groups in total. The molecule has 1 saturated heterocycles. The number of nitrogens with zero attached hydrogens (tertiary/aromatic N) is 1. The maximum absolute atomic E-state index is 5.56. The largest absolute Gasteiger partial charge is 0.494 e. The molecule has 1 aliphatic rings. The van der Waals surface area contributed by atoms with Gasteiger partial charge in [0.05, 0.1) is 18.5 Å². The second kappa shape index (κ2) is 5.05. The van der Waals surface area contributed by atoms with Crippen LogP contribution in [0.1, 0.15) is 24.2 Å². The molecule has 0 bridgehead atoms. The zero-order chi connectivity index (χ0) is 13.2. The lowest BCUT2D eigenvalue weighted by Gasteiger charge is -2.24. The van der Waals surface area contributed by atoms with Crippen LogP contribution in [0.15, 0.2) is 24.4 Å². The molecule has 100 valence electrons. The Hall–Kier alpha value is -1.81. The summed E-state index contributed by atoms with van der Waals surface area (Å²) in [6.45, 7) is 6.82. The summed E-state index contributed by atoms with van der Waals surface area (Å²) in [7, 11) is 0. The maximum Gasteiger partial charge on any atom is 0.122 e. The van der Waals surface area contributed by atoms with Gasteiger partial charge in [0, 0.05) is 24.6 Å². The van der Waals surface area contributed by atoms with Crippen molar-refractivity contribution >= 4 is 0 Å². The van der Waals surface area contributed by atoms with E-state index < -0.39 is 0 Å². The average molecular weight is 257 g/mol. The van der Waals surface area contributed by atoms with Crippen LogP contribution in [-0.4, -0.2) is 29.7 Å². The standard InChI is InChI=1S/C15H19N3O/c1-3-19-14-5-4-11(6-10(14)2)13-9-17-15(18-13)12-7-16-8-12/h4-6,9,12,16H,3,7-8H2,1-2H3,(H,17,18). The van der Waals surface area contributed by atoms with E-state index in [1.807, 2.05) is 19.2 Å². The number of aromatic amines is 1. The Morgan fingerprint density at radius 1 is 1.37 bits per heavy atom. The van der Waals surface area contributed by atoms with Crippen LogP contribution in [0, 0.1) is 6.92 Å². The first kappa shape index (κ1) is 12.2. The van der Waals surface area contributed by atoms with Gasteiger partial charge in [-0.15, -0.1) is 0 Å². The third-order valence-corrected chi connectivity index (χ3v) is 3.55. The molecule has 4 heteroatoms. The van der Waals surface area contributed by atoms with Crippen molar-refractivity contribution in [2.24, 2.45) is 0 Å². The van der Waals surface area contributed by atoms with Gasteiger partial charge in [-0.1, -0.05) is 0 Å². The van der Waals surface area contributed by atoms with E-state index in [9.17, 15) is 0 Å². The molecule has 2 aromatic rings. The second-order valence-electron chi connectivity index (χ2n) is 4.95. The lowest BCUT2D eigenvalue weighted by molar-refractivity contribution is 0.338. The Labute approximate surface area is 113 Å². The van der Waals surface area contributed by atoms with Crippen molar-refractivity contribution in [2.45, 2.75) is 19.8 Å². The van der Waals surface area contributed by atoms with Crippen molar-refractivity contribution < 1.29 is 4.74 Å². The van der Waals surface area contributed by atoms with E-state index in [4.69, 9.17) is 4.74 Å². The van der Waals surface area contributed by atoms with Crippen molar-refractivity contribution in [3.63, 3.8) is 0 Å². The van der Waals surface area contributed by atoms with Crippen LogP contribution in [-0.2, 0) is 0 Å². The number of imidazole rings is 1. The first-order valence-corrected chi connectivity index (χ1v) is 6.77. The molecule has 0 saturated carbocycles. The number of hydrogen-bond acceptors (Lipinski definition) is 3. The molecular weight excluding hydrogens is 238 g/mol. The molecule has 0 spiro atoms. The second-order valence-corrected chi connectivity index (χ2v) is 4.95. The lowest BCUT2D eigenvalue weighted by Crippen LogP contribution is -2.40. The van der Waals surface area contributed by atoms with Gasteiger partial charge in [-0.2, -0.15) is 0 Å². The number of benzene rings is 1. The summed E-state index contributed by atoms with van der Waals surface area (Å²) in [6, 6.07) is 6.25. The highest BCUT2D eigenvalue weighted by Gasteiger charge is 2.21. The minimum absolute atomic E-state index is 0.539. The number of hydrogen-bond donors (Lipinski definition) is 2. The topological polar surface area (TPSA) is 49.9 Å². The Bertz CT molecular complexity index is 573. The van der Waals surface area contributed by atoms with Gasteiger partial charge in [0.15, 0.2) is 0 Å². The fourth-order valence-electron chi connectivity index (χ4n) is 2.31. The molecule has 4 nitrogen and oxygen atoms in total. The van der Waals surface area contributed by atoms with Gasteiger partial charge >= 0.3 is 0 Å². The van der Waals surface area contributed by atoms with Crippen molar-refractivity contribution in [3.8, 4) is 17.0 Å². The first-order valence-electron chi connectivity index (χ1n) is 6.77. The van der Waals surface area contributed by atoms with E-state index in [1.54, 1.807) is 0 Å². The molecule has 19 heavy (non-hydrogen) atoms. The van der Waals surface area contributed by atoms with Gasteiger partial charge < -0.3 is 15.0 Å². The van der Waals surface area contributed by atoms with Gasteiger partial charge in [0.1, 0.15) is 11.6 Å². The Kier molecular flexibility index (Phi) is 3.25. The number of aryl methyl sites for hydroxylation is 1. The Balaban J connectivity index is 1.85. The zero-order valence-electron chi connectivity index (χ0n) is 11.4. The highest BCUT2D eigenvalue weighted by Crippen LogP contribution is 2.26. The number of ether oxygens (including phenoxy) is 1. The van der Waals surface area contributed by atoms with E-state index >= 15 is 0 Å². The minimum Gasteiger partial charge on any atom is -0.494 e. The minimum atomic E-state index is 0.539. The zero-order valence-corrected chi connectivity index (χ0v) is 11.4. The number of rotatable bonds is 4. The molecule has 3 rings (SSSR count). The molecule has 1 aromatic carbocycles. The number of aromatic nitrogens is 2. The van der Waals surface area contributed by atoms with E-state index in [0.29, 0.717) is 12.5 Å². The summed E-state index contributed by atoms with van der Waals surface area (Å²) in [6.07, 6.45) is 1.92. The van der Waals surface area contributed by atoms with Crippen LogP contribution in [0.3, 0.4) is 0 Å². The summed E-state index contributed by atoms with van der Waals surface area (Å²) in [5.74, 6) is 2.58. The smallest absolute Gasteiger partial charge is 0.122 e. The van der Waals surface area contributed by atoms with Gasteiger partial charge in [-0.05, 0) is 37.6 Å². The van der Waals surface area contributed by atoms with E-state index in [2.05, 4.69) is 34.3 Å². The van der Waals surface area contributed by atoms with Gasteiger partial charge in [0.2, 0.25) is 0 Å². The molecule has 0 radical (unpaired) electrons. The maximum atomic E-state index is 5.56. The Morgan fingerprint density at radius 2 is 2.21 bits per heavy atom. The molecule has 0 unspecified atom stereocenters. The number of H-pyrrole nitrogens is 1. The van der Waals surface area contributed by atoms with Crippen LogP contribution >= 0.6 is 0 Å². The summed E-state index contributed by atoms with van der Waals surface area (Å²) >= 11 is 0. The van der Waals surface area contributed by atoms with Crippen molar-refractivity contribution in [3.05, 3.63) is 35.8 Å². The third-order valence-electron chi connectivity index (χ3n) is 3.55. The molecular formula is C15H19N3O. The van der Waals surface area contributed by atoms with Crippen molar-refractivity contribution in [2.75, 3.05) is 19.7 Å². The predicted molar refractivity (Wildman–Crippen MR) is 75.5 cm³/mol.